The number of hydrogen-bond acceptors (Lipinski definition) is 5. The Morgan fingerprint density at radius 1 is 1.42 bits per heavy atom. The predicted molar refractivity (Wildman–Crippen MR) is 80.1 cm³/mol. The molecule has 2 aliphatic rings. The lowest BCUT2D eigenvalue weighted by atomic mass is 10.2. The Bertz CT molecular complexity index is 493. The number of anilines is 2. The minimum atomic E-state index is 0.252. The summed E-state index contributed by atoms with van der Waals surface area (Å²) in [6, 6.07) is 2.59. The lowest BCUT2D eigenvalue weighted by Crippen LogP contribution is -2.31. The van der Waals surface area contributed by atoms with Crippen molar-refractivity contribution >= 4 is 27.8 Å². The summed E-state index contributed by atoms with van der Waals surface area (Å²) < 4.78 is 0. The number of carbonyl (C=O) groups is 1. The van der Waals surface area contributed by atoms with Crippen LogP contribution in [0.4, 0.5) is 10.7 Å². The number of rotatable bonds is 4. The number of thiophene rings is 1. The number of likely N-dealkylation sites (N-methyl/N-ethyl adjacent to an activating group) is 1. The molecule has 1 unspecified atom stereocenters. The van der Waals surface area contributed by atoms with E-state index in [2.05, 4.69) is 23.9 Å². The van der Waals surface area contributed by atoms with E-state index in [0.29, 0.717) is 11.7 Å². The van der Waals surface area contributed by atoms with Gasteiger partial charge in [0, 0.05) is 25.0 Å². The lowest BCUT2D eigenvalue weighted by Gasteiger charge is -2.20. The highest BCUT2D eigenvalue weighted by Crippen LogP contribution is 2.40. The minimum Gasteiger partial charge on any atom is -0.397 e. The second kappa shape index (κ2) is 4.80. The van der Waals surface area contributed by atoms with Gasteiger partial charge in [0.15, 0.2) is 5.78 Å². The van der Waals surface area contributed by atoms with Gasteiger partial charge in [0.05, 0.1) is 15.6 Å². The molecule has 1 aliphatic carbocycles. The van der Waals surface area contributed by atoms with Crippen molar-refractivity contribution in [2.45, 2.75) is 25.3 Å². The zero-order chi connectivity index (χ0) is 13.6. The number of hydrogen-bond donors (Lipinski definition) is 1. The predicted octanol–water partition coefficient (Wildman–Crippen LogP) is 2.06. The molecule has 0 spiro atoms. The van der Waals surface area contributed by atoms with Crippen molar-refractivity contribution in [1.82, 2.24) is 4.90 Å². The fourth-order valence-electron chi connectivity index (χ4n) is 2.63. The number of nitrogen functional groups attached to an aromatic ring is 1. The normalized spacial score (nSPS) is 23.3. The molecule has 0 amide bonds. The van der Waals surface area contributed by atoms with E-state index in [1.165, 1.54) is 6.42 Å². The molecule has 2 heterocycles. The zero-order valence-electron chi connectivity index (χ0n) is 11.6. The van der Waals surface area contributed by atoms with Gasteiger partial charge in [-0.15, -0.1) is 11.3 Å². The number of nitrogens with zero attached hydrogens (tertiary/aromatic N) is 2. The molecule has 0 radical (unpaired) electrons. The summed E-state index contributed by atoms with van der Waals surface area (Å²) in [5, 5.41) is 1.16. The summed E-state index contributed by atoms with van der Waals surface area (Å²) in [4.78, 5) is 17.5. The number of carbonyl (C=O) groups excluding carboxylic acids is 1. The molecular weight excluding hydrogens is 258 g/mol. The van der Waals surface area contributed by atoms with E-state index in [9.17, 15) is 4.79 Å². The summed E-state index contributed by atoms with van der Waals surface area (Å²) in [7, 11) is 4.25. The molecule has 0 aromatic carbocycles. The zero-order valence-corrected chi connectivity index (χ0v) is 12.4. The van der Waals surface area contributed by atoms with E-state index in [1.807, 2.05) is 6.07 Å². The molecule has 1 aliphatic heterocycles. The van der Waals surface area contributed by atoms with Gasteiger partial charge in [-0.25, -0.2) is 0 Å². The Hall–Kier alpha value is -1.07. The highest BCUT2D eigenvalue weighted by Gasteiger charge is 2.33. The van der Waals surface area contributed by atoms with Crippen LogP contribution < -0.4 is 10.6 Å². The van der Waals surface area contributed by atoms with E-state index in [1.54, 1.807) is 11.3 Å². The molecule has 5 heteroatoms. The number of ketones is 1. The van der Waals surface area contributed by atoms with Crippen LogP contribution in [0, 0.1) is 5.92 Å². The molecule has 1 saturated heterocycles. The van der Waals surface area contributed by atoms with E-state index in [-0.39, 0.29) is 11.7 Å². The maximum atomic E-state index is 12.1. The minimum absolute atomic E-state index is 0.252. The summed E-state index contributed by atoms with van der Waals surface area (Å²) in [5.41, 5.74) is 6.69. The fraction of sp³-hybridized carbons (Fsp3) is 0.643. The van der Waals surface area contributed by atoms with Crippen LogP contribution in [0.5, 0.6) is 0 Å². The van der Waals surface area contributed by atoms with Gasteiger partial charge in [-0.05, 0) is 39.4 Å². The van der Waals surface area contributed by atoms with Crippen molar-refractivity contribution in [1.29, 1.82) is 0 Å². The van der Waals surface area contributed by atoms with Crippen molar-refractivity contribution in [3.05, 3.63) is 10.9 Å². The van der Waals surface area contributed by atoms with Crippen molar-refractivity contribution in [3.8, 4) is 0 Å². The van der Waals surface area contributed by atoms with Gasteiger partial charge < -0.3 is 15.5 Å². The second-order valence-electron chi connectivity index (χ2n) is 5.86. The molecule has 1 saturated carbocycles. The Morgan fingerprint density at radius 2 is 2.16 bits per heavy atom. The van der Waals surface area contributed by atoms with Crippen LogP contribution >= 0.6 is 11.3 Å². The Labute approximate surface area is 118 Å². The van der Waals surface area contributed by atoms with Gasteiger partial charge in [-0.3, -0.25) is 4.79 Å². The average Bonchev–Trinajstić information content (AvgIpc) is 2.96. The van der Waals surface area contributed by atoms with E-state index < -0.39 is 0 Å². The van der Waals surface area contributed by atoms with Gasteiger partial charge in [-0.2, -0.15) is 0 Å². The topological polar surface area (TPSA) is 49.6 Å². The van der Waals surface area contributed by atoms with Gasteiger partial charge in [0.1, 0.15) is 0 Å². The van der Waals surface area contributed by atoms with Crippen molar-refractivity contribution in [2.75, 3.05) is 37.8 Å². The van der Waals surface area contributed by atoms with Crippen LogP contribution in [0.2, 0.25) is 0 Å². The molecule has 19 heavy (non-hydrogen) atoms. The van der Waals surface area contributed by atoms with Gasteiger partial charge in [0.25, 0.3) is 0 Å². The SMILES string of the molecule is CN(C)C1CCN(c2cc(N)c(C(=O)C3CC3)s2)C1. The summed E-state index contributed by atoms with van der Waals surface area (Å²) >= 11 is 1.58. The summed E-state index contributed by atoms with van der Waals surface area (Å²) in [6.07, 6.45) is 3.26. The highest BCUT2D eigenvalue weighted by molar-refractivity contribution is 7.18. The number of Topliss-reactive ketones (excluding diaryl/α,β-unsaturated/α-hetero) is 1. The third-order valence-corrected chi connectivity index (χ3v) is 5.35. The third kappa shape index (κ3) is 2.49. The van der Waals surface area contributed by atoms with Crippen LogP contribution in [0.25, 0.3) is 0 Å². The van der Waals surface area contributed by atoms with Crippen molar-refractivity contribution < 1.29 is 4.79 Å². The lowest BCUT2D eigenvalue weighted by molar-refractivity contribution is 0.0972. The molecular formula is C14H21N3OS. The van der Waals surface area contributed by atoms with Gasteiger partial charge in [-0.1, -0.05) is 0 Å². The molecule has 1 aromatic rings. The third-order valence-electron chi connectivity index (χ3n) is 4.13. The van der Waals surface area contributed by atoms with Gasteiger partial charge in [0.2, 0.25) is 0 Å². The van der Waals surface area contributed by atoms with Crippen LogP contribution in [-0.2, 0) is 0 Å². The molecule has 2 fully saturated rings. The fourth-order valence-corrected chi connectivity index (χ4v) is 3.77. The van der Waals surface area contributed by atoms with Crippen LogP contribution in [0.15, 0.2) is 6.07 Å². The molecule has 2 N–H and O–H groups in total. The first-order valence-corrected chi connectivity index (χ1v) is 7.73. The molecule has 1 aromatic heterocycles. The smallest absolute Gasteiger partial charge is 0.178 e. The first kappa shape index (κ1) is 12.9. The molecule has 104 valence electrons. The van der Waals surface area contributed by atoms with Crippen molar-refractivity contribution in [2.24, 2.45) is 5.92 Å². The maximum absolute atomic E-state index is 12.1. The van der Waals surface area contributed by atoms with Crippen molar-refractivity contribution in [3.63, 3.8) is 0 Å². The Morgan fingerprint density at radius 3 is 2.74 bits per heavy atom. The highest BCUT2D eigenvalue weighted by atomic mass is 32.1. The maximum Gasteiger partial charge on any atom is 0.178 e. The number of nitrogens with two attached hydrogens (primary N) is 1. The first-order chi connectivity index (χ1) is 9.06. The van der Waals surface area contributed by atoms with Crippen LogP contribution in [0.3, 0.4) is 0 Å². The quantitative estimate of drug-likeness (QED) is 0.857. The van der Waals surface area contributed by atoms with E-state index in [0.717, 1.165) is 35.8 Å². The first-order valence-electron chi connectivity index (χ1n) is 6.91. The molecule has 1 atom stereocenters. The standard InChI is InChI=1S/C14H21N3OS/c1-16(2)10-5-6-17(8-10)12-7-11(15)14(19-12)13(18)9-3-4-9/h7,9-10H,3-6,8,15H2,1-2H3. The van der Waals surface area contributed by atoms with Crippen LogP contribution in [-0.4, -0.2) is 43.9 Å². The Kier molecular flexibility index (Phi) is 3.27. The second-order valence-corrected chi connectivity index (χ2v) is 6.89. The summed E-state index contributed by atoms with van der Waals surface area (Å²) in [6.45, 7) is 2.09. The molecule has 4 nitrogen and oxygen atoms in total. The Balaban J connectivity index is 1.75. The van der Waals surface area contributed by atoms with Gasteiger partial charge >= 0.3 is 0 Å². The largest absolute Gasteiger partial charge is 0.397 e. The van der Waals surface area contributed by atoms with E-state index >= 15 is 0 Å². The molecule has 0 bridgehead atoms. The average molecular weight is 279 g/mol. The monoisotopic (exact) mass is 279 g/mol. The molecule has 3 rings (SSSR count). The van der Waals surface area contributed by atoms with E-state index in [4.69, 9.17) is 5.73 Å². The van der Waals surface area contributed by atoms with Crippen LogP contribution in [0.1, 0.15) is 28.9 Å². The summed E-state index contributed by atoms with van der Waals surface area (Å²) in [5.74, 6) is 0.513.